The molecule has 1 saturated carbocycles. The fourth-order valence-corrected chi connectivity index (χ4v) is 4.88. The molecular weight excluding hydrogens is 376 g/mol. The van der Waals surface area contributed by atoms with Crippen LogP contribution in [-0.4, -0.2) is 66.7 Å². The van der Waals surface area contributed by atoms with Gasteiger partial charge in [0, 0.05) is 50.5 Å². The Morgan fingerprint density at radius 2 is 1.97 bits per heavy atom. The largest absolute Gasteiger partial charge is 0.379 e. The lowest BCUT2D eigenvalue weighted by molar-refractivity contribution is 0.00820. The van der Waals surface area contributed by atoms with Crippen LogP contribution in [0.5, 0.6) is 0 Å². The molecule has 0 atom stereocenters. The third-order valence-corrected chi connectivity index (χ3v) is 6.61. The normalized spacial score (nSPS) is 20.4. The van der Waals surface area contributed by atoms with E-state index >= 15 is 0 Å². The first-order valence-electron chi connectivity index (χ1n) is 11.4. The second-order valence-corrected chi connectivity index (χ2v) is 8.86. The summed E-state index contributed by atoms with van der Waals surface area (Å²) in [7, 11) is 1.85. The van der Waals surface area contributed by atoms with E-state index in [2.05, 4.69) is 44.1 Å². The van der Waals surface area contributed by atoms with E-state index in [4.69, 9.17) is 9.72 Å². The minimum absolute atomic E-state index is 0.327. The van der Waals surface area contributed by atoms with E-state index < -0.39 is 0 Å². The third kappa shape index (κ3) is 5.13. The number of imidazole rings is 1. The van der Waals surface area contributed by atoms with Gasteiger partial charge >= 0.3 is 0 Å². The number of fused-ring (bicyclic) bond motifs is 1. The first-order valence-corrected chi connectivity index (χ1v) is 11.4. The SMILES string of the molecule is CN=C(NCc1cn2c(C)cccc2n1)NCC1(CN2CCOCC2)CCCCC1. The van der Waals surface area contributed by atoms with Crippen molar-refractivity contribution in [3.63, 3.8) is 0 Å². The average molecular weight is 413 g/mol. The standard InChI is InChI=1S/C23H36N6O/c1-19-7-6-8-21-27-20(16-29(19)21)15-25-22(24-2)26-17-23(9-4-3-5-10-23)18-28-11-13-30-14-12-28/h6-8,16H,3-5,9-15,17-18H2,1-2H3,(H2,24,25,26). The Kier molecular flexibility index (Phi) is 6.89. The average Bonchev–Trinajstić information content (AvgIpc) is 3.20. The van der Waals surface area contributed by atoms with Crippen LogP contribution in [0.1, 0.15) is 43.5 Å². The summed E-state index contributed by atoms with van der Waals surface area (Å²) in [5.41, 5.74) is 3.53. The summed E-state index contributed by atoms with van der Waals surface area (Å²) in [5, 5.41) is 7.09. The smallest absolute Gasteiger partial charge is 0.191 e. The molecule has 0 radical (unpaired) electrons. The molecule has 0 aromatic carbocycles. The van der Waals surface area contributed by atoms with Crippen LogP contribution in [0.25, 0.3) is 5.65 Å². The van der Waals surface area contributed by atoms with Crippen LogP contribution in [0, 0.1) is 12.3 Å². The second-order valence-electron chi connectivity index (χ2n) is 8.86. The van der Waals surface area contributed by atoms with E-state index in [-0.39, 0.29) is 0 Å². The zero-order valence-electron chi connectivity index (χ0n) is 18.5. The number of nitrogens with zero attached hydrogens (tertiary/aromatic N) is 4. The quantitative estimate of drug-likeness (QED) is 0.564. The van der Waals surface area contributed by atoms with Crippen molar-refractivity contribution < 1.29 is 4.74 Å². The van der Waals surface area contributed by atoms with Gasteiger partial charge in [-0.3, -0.25) is 9.89 Å². The van der Waals surface area contributed by atoms with Crippen molar-refractivity contribution in [2.45, 2.75) is 45.6 Å². The predicted octanol–water partition coefficient (Wildman–Crippen LogP) is 2.59. The molecule has 1 aliphatic heterocycles. The summed E-state index contributed by atoms with van der Waals surface area (Å²) < 4.78 is 7.68. The number of rotatable bonds is 6. The molecule has 30 heavy (non-hydrogen) atoms. The molecule has 4 rings (SSSR count). The van der Waals surface area contributed by atoms with E-state index in [1.807, 2.05) is 19.2 Å². The van der Waals surface area contributed by atoms with Crippen molar-refractivity contribution >= 4 is 11.6 Å². The molecule has 2 N–H and O–H groups in total. The van der Waals surface area contributed by atoms with Gasteiger partial charge in [-0.2, -0.15) is 0 Å². The van der Waals surface area contributed by atoms with E-state index in [1.165, 1.54) is 37.8 Å². The lowest BCUT2D eigenvalue weighted by Gasteiger charge is -2.42. The van der Waals surface area contributed by atoms with Gasteiger partial charge in [0.1, 0.15) is 5.65 Å². The molecule has 1 saturated heterocycles. The summed E-state index contributed by atoms with van der Waals surface area (Å²) in [6, 6.07) is 6.19. The Morgan fingerprint density at radius 3 is 2.70 bits per heavy atom. The molecule has 3 heterocycles. The first-order chi connectivity index (χ1) is 14.7. The van der Waals surface area contributed by atoms with Gasteiger partial charge in [-0.25, -0.2) is 4.98 Å². The van der Waals surface area contributed by atoms with Gasteiger partial charge in [0.25, 0.3) is 0 Å². The monoisotopic (exact) mass is 412 g/mol. The first kappa shape index (κ1) is 21.1. The zero-order valence-corrected chi connectivity index (χ0v) is 18.5. The summed E-state index contributed by atoms with van der Waals surface area (Å²) >= 11 is 0. The number of hydrogen-bond acceptors (Lipinski definition) is 4. The molecule has 7 heteroatoms. The van der Waals surface area contributed by atoms with Crippen molar-refractivity contribution in [3.8, 4) is 0 Å². The highest BCUT2D eigenvalue weighted by molar-refractivity contribution is 5.79. The number of ether oxygens (including phenoxy) is 1. The molecular formula is C23H36N6O. The number of aromatic nitrogens is 2. The molecule has 0 unspecified atom stereocenters. The number of hydrogen-bond donors (Lipinski definition) is 2. The van der Waals surface area contributed by atoms with Crippen molar-refractivity contribution in [2.75, 3.05) is 46.4 Å². The summed E-state index contributed by atoms with van der Waals surface area (Å²) in [5.74, 6) is 0.857. The van der Waals surface area contributed by atoms with Crippen LogP contribution < -0.4 is 10.6 Å². The Balaban J connectivity index is 1.34. The van der Waals surface area contributed by atoms with Crippen LogP contribution in [0.4, 0.5) is 0 Å². The van der Waals surface area contributed by atoms with Crippen molar-refractivity contribution in [1.82, 2.24) is 24.9 Å². The lowest BCUT2D eigenvalue weighted by Crippen LogP contribution is -2.51. The molecule has 164 valence electrons. The fourth-order valence-electron chi connectivity index (χ4n) is 4.88. The van der Waals surface area contributed by atoms with Crippen LogP contribution in [0.3, 0.4) is 0 Å². The van der Waals surface area contributed by atoms with Gasteiger partial charge in [0.2, 0.25) is 0 Å². The number of aliphatic imine (C=N–C) groups is 1. The molecule has 1 aliphatic carbocycles. The molecule has 2 aliphatic rings. The van der Waals surface area contributed by atoms with E-state index in [0.717, 1.165) is 56.7 Å². The molecule has 2 fully saturated rings. The molecule has 2 aromatic rings. The molecule has 0 bridgehead atoms. The molecule has 2 aromatic heterocycles. The number of pyridine rings is 1. The van der Waals surface area contributed by atoms with Crippen molar-refractivity contribution in [3.05, 3.63) is 35.8 Å². The Morgan fingerprint density at radius 1 is 1.17 bits per heavy atom. The zero-order chi connectivity index (χ0) is 20.8. The van der Waals surface area contributed by atoms with Gasteiger partial charge < -0.3 is 19.8 Å². The molecule has 0 amide bonds. The minimum Gasteiger partial charge on any atom is -0.379 e. The highest BCUT2D eigenvalue weighted by Gasteiger charge is 2.34. The Hall–Kier alpha value is -2.12. The third-order valence-electron chi connectivity index (χ3n) is 6.61. The van der Waals surface area contributed by atoms with Gasteiger partial charge in [0.15, 0.2) is 5.96 Å². The maximum absolute atomic E-state index is 5.55. The molecule has 0 spiro atoms. The molecule has 7 nitrogen and oxygen atoms in total. The Bertz CT molecular complexity index is 848. The lowest BCUT2D eigenvalue weighted by atomic mass is 9.73. The van der Waals surface area contributed by atoms with Crippen molar-refractivity contribution in [2.24, 2.45) is 10.4 Å². The number of aryl methyl sites for hydroxylation is 1. The highest BCUT2D eigenvalue weighted by Crippen LogP contribution is 2.36. The summed E-state index contributed by atoms with van der Waals surface area (Å²) in [4.78, 5) is 11.8. The van der Waals surface area contributed by atoms with Crippen LogP contribution in [0.2, 0.25) is 0 Å². The van der Waals surface area contributed by atoms with Crippen molar-refractivity contribution in [1.29, 1.82) is 0 Å². The second kappa shape index (κ2) is 9.79. The van der Waals surface area contributed by atoms with Gasteiger partial charge in [-0.15, -0.1) is 0 Å². The number of nitrogens with one attached hydrogen (secondary N) is 2. The predicted molar refractivity (Wildman–Crippen MR) is 121 cm³/mol. The fraction of sp³-hybridized carbons (Fsp3) is 0.652. The van der Waals surface area contributed by atoms with Crippen LogP contribution in [-0.2, 0) is 11.3 Å². The maximum atomic E-state index is 5.55. The highest BCUT2D eigenvalue weighted by atomic mass is 16.5. The van der Waals surface area contributed by atoms with E-state index in [1.54, 1.807) is 0 Å². The van der Waals surface area contributed by atoms with Crippen LogP contribution >= 0.6 is 0 Å². The Labute approximate surface area is 179 Å². The number of guanidine groups is 1. The van der Waals surface area contributed by atoms with Crippen LogP contribution in [0.15, 0.2) is 29.4 Å². The summed E-state index contributed by atoms with van der Waals surface area (Å²) in [6.45, 7) is 8.74. The maximum Gasteiger partial charge on any atom is 0.191 e. The van der Waals surface area contributed by atoms with Gasteiger partial charge in [0.05, 0.1) is 25.5 Å². The topological polar surface area (TPSA) is 66.2 Å². The number of morpholine rings is 1. The minimum atomic E-state index is 0.327. The van der Waals surface area contributed by atoms with E-state index in [0.29, 0.717) is 12.0 Å². The van der Waals surface area contributed by atoms with Gasteiger partial charge in [-0.05, 0) is 31.9 Å². The summed E-state index contributed by atoms with van der Waals surface area (Å²) in [6.07, 6.45) is 8.72. The van der Waals surface area contributed by atoms with Gasteiger partial charge in [-0.1, -0.05) is 25.3 Å². The van der Waals surface area contributed by atoms with E-state index in [9.17, 15) is 0 Å².